The van der Waals surface area contributed by atoms with E-state index in [1.54, 1.807) is 17.2 Å². The highest BCUT2D eigenvalue weighted by Crippen LogP contribution is 2.30. The molecule has 0 radical (unpaired) electrons. The molecule has 146 valence electrons. The molecule has 1 atom stereocenters. The summed E-state index contributed by atoms with van der Waals surface area (Å²) in [5.41, 5.74) is 2.11. The van der Waals surface area contributed by atoms with Gasteiger partial charge in [-0.2, -0.15) is 0 Å². The molecule has 3 aromatic rings. The van der Waals surface area contributed by atoms with Gasteiger partial charge in [0, 0.05) is 37.3 Å². The van der Waals surface area contributed by atoms with E-state index in [1.165, 1.54) is 19.2 Å². The Kier molecular flexibility index (Phi) is 4.98. The van der Waals surface area contributed by atoms with Crippen LogP contribution in [0.4, 0.5) is 4.39 Å². The predicted octanol–water partition coefficient (Wildman–Crippen LogP) is 3.62. The van der Waals surface area contributed by atoms with Crippen LogP contribution < -0.4 is 4.74 Å². The van der Waals surface area contributed by atoms with Gasteiger partial charge in [-0.3, -0.25) is 4.79 Å². The number of aromatic nitrogens is 3. The predicted molar refractivity (Wildman–Crippen MR) is 104 cm³/mol. The Morgan fingerprint density at radius 2 is 2.21 bits per heavy atom. The number of methoxy groups -OCH3 is 1. The Hall–Kier alpha value is -2.96. The summed E-state index contributed by atoms with van der Waals surface area (Å²) < 4.78 is 21.1. The molecule has 0 N–H and O–H groups in total. The normalized spacial score (nSPS) is 16.7. The first kappa shape index (κ1) is 18.4. The number of carbonyl (C=O) groups is 1. The number of likely N-dealkylation sites (tertiary alicyclic amines) is 1. The lowest BCUT2D eigenvalue weighted by molar-refractivity contribution is 0.0790. The molecule has 0 saturated carbocycles. The molecule has 1 aromatic carbocycles. The molecule has 0 spiro atoms. The second-order valence-electron chi connectivity index (χ2n) is 7.05. The highest BCUT2D eigenvalue weighted by Gasteiger charge is 2.31. The van der Waals surface area contributed by atoms with E-state index in [-0.39, 0.29) is 17.6 Å². The number of amides is 1. The van der Waals surface area contributed by atoms with Crippen molar-refractivity contribution in [2.75, 3.05) is 20.2 Å². The number of nitrogens with zero attached hydrogens (tertiary/aromatic N) is 4. The average molecular weight is 382 g/mol. The zero-order valence-electron chi connectivity index (χ0n) is 16.1. The van der Waals surface area contributed by atoms with Crippen LogP contribution in [0.25, 0.3) is 11.2 Å². The minimum absolute atomic E-state index is 0.136. The van der Waals surface area contributed by atoms with Gasteiger partial charge < -0.3 is 14.2 Å². The van der Waals surface area contributed by atoms with Crippen molar-refractivity contribution in [1.29, 1.82) is 0 Å². The fourth-order valence-corrected chi connectivity index (χ4v) is 3.87. The Bertz CT molecular complexity index is 1020. The average Bonchev–Trinajstić information content (AvgIpc) is 3.33. The molecule has 0 unspecified atom stereocenters. The van der Waals surface area contributed by atoms with Crippen LogP contribution in [0.15, 0.2) is 36.5 Å². The first-order chi connectivity index (χ1) is 13.6. The third kappa shape index (κ3) is 3.21. The second kappa shape index (κ2) is 7.58. The second-order valence-corrected chi connectivity index (χ2v) is 7.05. The monoisotopic (exact) mass is 382 g/mol. The quantitative estimate of drug-likeness (QED) is 0.676. The Morgan fingerprint density at radius 3 is 2.96 bits per heavy atom. The summed E-state index contributed by atoms with van der Waals surface area (Å²) in [6.45, 7) is 4.16. The zero-order chi connectivity index (χ0) is 19.7. The van der Waals surface area contributed by atoms with Crippen molar-refractivity contribution in [2.24, 2.45) is 0 Å². The fourth-order valence-electron chi connectivity index (χ4n) is 3.87. The number of rotatable bonds is 5. The molecule has 7 heteroatoms. The molecule has 1 aliphatic heterocycles. The van der Waals surface area contributed by atoms with Crippen LogP contribution in [0, 0.1) is 5.82 Å². The van der Waals surface area contributed by atoms with Crippen LogP contribution in [0.1, 0.15) is 41.9 Å². The van der Waals surface area contributed by atoms with Gasteiger partial charge in [-0.25, -0.2) is 14.4 Å². The summed E-state index contributed by atoms with van der Waals surface area (Å²) in [5, 5.41) is 0. The van der Waals surface area contributed by atoms with E-state index < -0.39 is 5.82 Å². The van der Waals surface area contributed by atoms with Crippen molar-refractivity contribution in [3.05, 3.63) is 53.7 Å². The Balaban J connectivity index is 1.57. The van der Waals surface area contributed by atoms with E-state index in [0.717, 1.165) is 36.4 Å². The minimum Gasteiger partial charge on any atom is -0.494 e. The van der Waals surface area contributed by atoms with Gasteiger partial charge >= 0.3 is 0 Å². The van der Waals surface area contributed by atoms with Crippen LogP contribution in [0.5, 0.6) is 5.75 Å². The Morgan fingerprint density at radius 1 is 1.36 bits per heavy atom. The molecule has 4 rings (SSSR count). The molecule has 2 aromatic heterocycles. The van der Waals surface area contributed by atoms with Crippen molar-refractivity contribution < 1.29 is 13.9 Å². The summed E-state index contributed by atoms with van der Waals surface area (Å²) >= 11 is 0. The zero-order valence-corrected chi connectivity index (χ0v) is 16.1. The summed E-state index contributed by atoms with van der Waals surface area (Å²) in [6, 6.07) is 8.19. The van der Waals surface area contributed by atoms with Gasteiger partial charge in [-0.05, 0) is 43.2 Å². The number of carbonyl (C=O) groups excluding carboxylic acids is 1. The van der Waals surface area contributed by atoms with Gasteiger partial charge in [0.25, 0.3) is 5.91 Å². The molecule has 1 fully saturated rings. The topological polar surface area (TPSA) is 60.2 Å². The number of ether oxygens (including phenoxy) is 1. The number of pyridine rings is 1. The summed E-state index contributed by atoms with van der Waals surface area (Å²) in [6.07, 6.45) is 3.59. The molecular weight excluding hydrogens is 359 g/mol. The third-order valence-electron chi connectivity index (χ3n) is 5.22. The molecule has 1 saturated heterocycles. The largest absolute Gasteiger partial charge is 0.494 e. The lowest BCUT2D eigenvalue weighted by atomic mass is 10.1. The third-order valence-corrected chi connectivity index (χ3v) is 5.22. The van der Waals surface area contributed by atoms with E-state index in [0.29, 0.717) is 18.7 Å². The maximum Gasteiger partial charge on any atom is 0.253 e. The fraction of sp³-hybridized carbons (Fsp3) is 0.381. The van der Waals surface area contributed by atoms with Crippen LogP contribution >= 0.6 is 0 Å². The molecule has 0 bridgehead atoms. The van der Waals surface area contributed by atoms with Crippen LogP contribution in [0.2, 0.25) is 0 Å². The lowest BCUT2D eigenvalue weighted by Crippen LogP contribution is -2.28. The number of benzene rings is 1. The van der Waals surface area contributed by atoms with E-state index in [4.69, 9.17) is 9.72 Å². The van der Waals surface area contributed by atoms with Gasteiger partial charge in [0.05, 0.1) is 7.11 Å². The summed E-state index contributed by atoms with van der Waals surface area (Å²) in [5.74, 6) is 0.566. The highest BCUT2D eigenvalue weighted by atomic mass is 19.1. The Labute approximate surface area is 163 Å². The van der Waals surface area contributed by atoms with Crippen LogP contribution in [0.3, 0.4) is 0 Å². The molecule has 0 aliphatic carbocycles. The molecule has 1 aliphatic rings. The van der Waals surface area contributed by atoms with E-state index in [9.17, 15) is 9.18 Å². The summed E-state index contributed by atoms with van der Waals surface area (Å²) in [4.78, 5) is 23.9. The maximum atomic E-state index is 14.0. The smallest absolute Gasteiger partial charge is 0.253 e. The standard InChI is InChI=1S/C21H23FN4O2/c1-3-10-26-19(24-17-5-4-9-23-20(17)26)15-8-11-25(13-15)21(27)14-6-7-18(28-2)16(22)12-14/h4-7,9,12,15H,3,8,10-11,13H2,1-2H3/t15-/m0/s1. The molecule has 3 heterocycles. The van der Waals surface area contributed by atoms with Crippen molar-refractivity contribution >= 4 is 17.1 Å². The lowest BCUT2D eigenvalue weighted by Gasteiger charge is -2.17. The van der Waals surface area contributed by atoms with Crippen molar-refractivity contribution in [1.82, 2.24) is 19.4 Å². The minimum atomic E-state index is -0.528. The van der Waals surface area contributed by atoms with Gasteiger partial charge in [0.2, 0.25) is 0 Å². The number of hydrogen-bond acceptors (Lipinski definition) is 4. The van der Waals surface area contributed by atoms with E-state index in [1.807, 2.05) is 12.1 Å². The first-order valence-corrected chi connectivity index (χ1v) is 9.56. The number of imidazole rings is 1. The number of aryl methyl sites for hydroxylation is 1. The molecule has 6 nitrogen and oxygen atoms in total. The SMILES string of the molecule is CCCn1c([C@H]2CCN(C(=O)c3ccc(OC)c(F)c3)C2)nc2cccnc21. The number of hydrogen-bond donors (Lipinski definition) is 0. The van der Waals surface area contributed by atoms with Crippen molar-refractivity contribution in [3.8, 4) is 5.75 Å². The van der Waals surface area contributed by atoms with Gasteiger partial charge in [0.1, 0.15) is 11.3 Å². The maximum absolute atomic E-state index is 14.0. The van der Waals surface area contributed by atoms with Gasteiger partial charge in [-0.15, -0.1) is 0 Å². The highest BCUT2D eigenvalue weighted by molar-refractivity contribution is 5.94. The van der Waals surface area contributed by atoms with Crippen molar-refractivity contribution in [2.45, 2.75) is 32.2 Å². The molecular formula is C21H23FN4O2. The van der Waals surface area contributed by atoms with Crippen molar-refractivity contribution in [3.63, 3.8) is 0 Å². The molecule has 28 heavy (non-hydrogen) atoms. The molecule has 1 amide bonds. The van der Waals surface area contributed by atoms with Crippen LogP contribution in [-0.2, 0) is 6.54 Å². The van der Waals surface area contributed by atoms with Gasteiger partial charge in [-0.1, -0.05) is 6.92 Å². The first-order valence-electron chi connectivity index (χ1n) is 9.56. The van der Waals surface area contributed by atoms with Crippen LogP contribution in [-0.4, -0.2) is 45.5 Å². The number of fused-ring (bicyclic) bond motifs is 1. The van der Waals surface area contributed by atoms with E-state index >= 15 is 0 Å². The summed E-state index contributed by atoms with van der Waals surface area (Å²) in [7, 11) is 1.40. The van der Waals surface area contributed by atoms with E-state index in [2.05, 4.69) is 16.5 Å². The number of halogens is 1. The van der Waals surface area contributed by atoms with Gasteiger partial charge in [0.15, 0.2) is 17.2 Å².